The van der Waals surface area contributed by atoms with Crippen LogP contribution in [0.4, 0.5) is 4.79 Å². The number of hydrogen-bond acceptors (Lipinski definition) is 4. The molecule has 0 saturated carbocycles. The van der Waals surface area contributed by atoms with E-state index in [9.17, 15) is 9.59 Å². The maximum Gasteiger partial charge on any atom is 0.318 e. The Kier molecular flexibility index (Phi) is 6.52. The quantitative estimate of drug-likeness (QED) is 0.651. The summed E-state index contributed by atoms with van der Waals surface area (Å²) in [5.74, 6) is 0.101. The molecular formula is C14H21N3O3. The lowest BCUT2D eigenvalue weighted by atomic mass is 10.1. The van der Waals surface area contributed by atoms with Crippen LogP contribution in [0, 0.1) is 6.92 Å². The van der Waals surface area contributed by atoms with Gasteiger partial charge in [0.1, 0.15) is 5.75 Å². The van der Waals surface area contributed by atoms with Gasteiger partial charge in [0.2, 0.25) is 0 Å². The first-order chi connectivity index (χ1) is 9.54. The number of hydrogen-bond donors (Lipinski definition) is 3. The Balaban J connectivity index is 2.67. The monoisotopic (exact) mass is 279 g/mol. The van der Waals surface area contributed by atoms with E-state index in [1.165, 1.54) is 0 Å². The molecule has 1 rings (SSSR count). The second-order valence-electron chi connectivity index (χ2n) is 4.44. The summed E-state index contributed by atoms with van der Waals surface area (Å²) >= 11 is 0. The minimum Gasteiger partial charge on any atom is -0.483 e. The summed E-state index contributed by atoms with van der Waals surface area (Å²) in [6.45, 7) is 5.34. The molecule has 110 valence electrons. The van der Waals surface area contributed by atoms with Crippen LogP contribution in [0.1, 0.15) is 24.5 Å². The van der Waals surface area contributed by atoms with E-state index in [0.29, 0.717) is 12.3 Å². The number of rotatable bonds is 7. The largest absolute Gasteiger partial charge is 0.483 e. The van der Waals surface area contributed by atoms with Crippen molar-refractivity contribution < 1.29 is 14.3 Å². The molecule has 0 aliphatic carbocycles. The number of para-hydroxylation sites is 1. The van der Waals surface area contributed by atoms with Crippen molar-refractivity contribution in [3.63, 3.8) is 0 Å². The van der Waals surface area contributed by atoms with Crippen molar-refractivity contribution in [3.8, 4) is 5.75 Å². The van der Waals surface area contributed by atoms with Crippen LogP contribution in [0.5, 0.6) is 5.75 Å². The fourth-order valence-electron chi connectivity index (χ4n) is 1.77. The molecule has 0 radical (unpaired) electrons. The molecule has 20 heavy (non-hydrogen) atoms. The first-order valence-electron chi connectivity index (χ1n) is 6.56. The van der Waals surface area contributed by atoms with Crippen molar-refractivity contribution in [2.75, 3.05) is 13.2 Å². The zero-order valence-corrected chi connectivity index (χ0v) is 11.9. The second kappa shape index (κ2) is 8.16. The fourth-order valence-corrected chi connectivity index (χ4v) is 1.77. The van der Waals surface area contributed by atoms with Crippen LogP contribution < -0.4 is 21.1 Å². The van der Waals surface area contributed by atoms with Gasteiger partial charge in [0, 0.05) is 12.1 Å². The highest BCUT2D eigenvalue weighted by Crippen LogP contribution is 2.23. The number of imide groups is 1. The highest BCUT2D eigenvalue weighted by Gasteiger charge is 2.10. The lowest BCUT2D eigenvalue weighted by molar-refractivity contribution is -0.121. The molecule has 0 saturated heterocycles. The van der Waals surface area contributed by atoms with Gasteiger partial charge < -0.3 is 15.8 Å². The molecule has 3 amide bonds. The van der Waals surface area contributed by atoms with Crippen LogP contribution in [0.3, 0.4) is 0 Å². The molecular weight excluding hydrogens is 258 g/mol. The van der Waals surface area contributed by atoms with Crippen LogP contribution in [0.15, 0.2) is 18.2 Å². The van der Waals surface area contributed by atoms with E-state index in [1.54, 1.807) is 0 Å². The number of amides is 3. The molecule has 0 aliphatic rings. The van der Waals surface area contributed by atoms with Gasteiger partial charge in [0.25, 0.3) is 5.91 Å². The summed E-state index contributed by atoms with van der Waals surface area (Å²) in [7, 11) is 0. The summed E-state index contributed by atoms with van der Waals surface area (Å²) < 4.78 is 5.50. The Hall–Kier alpha value is -2.08. The number of primary amides is 1. The third kappa shape index (κ3) is 5.27. The van der Waals surface area contributed by atoms with E-state index < -0.39 is 11.9 Å². The van der Waals surface area contributed by atoms with Gasteiger partial charge in [-0.3, -0.25) is 10.1 Å². The number of nitrogens with two attached hydrogens (primary N) is 1. The van der Waals surface area contributed by atoms with Crippen molar-refractivity contribution in [1.82, 2.24) is 10.6 Å². The average molecular weight is 279 g/mol. The molecule has 6 nitrogen and oxygen atoms in total. The van der Waals surface area contributed by atoms with E-state index in [4.69, 9.17) is 10.5 Å². The lowest BCUT2D eigenvalue weighted by Gasteiger charge is -2.14. The van der Waals surface area contributed by atoms with Crippen molar-refractivity contribution in [1.29, 1.82) is 0 Å². The van der Waals surface area contributed by atoms with Crippen LogP contribution in [-0.4, -0.2) is 25.1 Å². The molecule has 0 fully saturated rings. The molecule has 0 spiro atoms. The number of ether oxygens (including phenoxy) is 1. The molecule has 0 aliphatic heterocycles. The van der Waals surface area contributed by atoms with Crippen LogP contribution in [0.2, 0.25) is 0 Å². The number of aryl methyl sites for hydroxylation is 1. The highest BCUT2D eigenvalue weighted by molar-refractivity contribution is 5.94. The van der Waals surface area contributed by atoms with E-state index in [2.05, 4.69) is 12.2 Å². The number of nitrogens with one attached hydrogen (secondary N) is 2. The zero-order valence-electron chi connectivity index (χ0n) is 11.9. The fraction of sp³-hybridized carbons (Fsp3) is 0.429. The second-order valence-corrected chi connectivity index (χ2v) is 4.44. The summed E-state index contributed by atoms with van der Waals surface area (Å²) in [6, 6.07) is 4.91. The topological polar surface area (TPSA) is 93.4 Å². The van der Waals surface area contributed by atoms with Crippen molar-refractivity contribution >= 4 is 11.9 Å². The van der Waals surface area contributed by atoms with Gasteiger partial charge in [-0.1, -0.05) is 25.1 Å². The third-order valence-electron chi connectivity index (χ3n) is 2.65. The van der Waals surface area contributed by atoms with Crippen molar-refractivity contribution in [2.24, 2.45) is 5.73 Å². The standard InChI is InChI=1S/C14H21N3O3/c1-3-7-16-8-11-6-4-5-10(2)13(11)20-9-12(18)17-14(15)19/h4-6,16H,3,7-9H2,1-2H3,(H3,15,17,18,19). The highest BCUT2D eigenvalue weighted by atomic mass is 16.5. The maximum atomic E-state index is 11.4. The van der Waals surface area contributed by atoms with Gasteiger partial charge in [-0.25, -0.2) is 4.79 Å². The summed E-state index contributed by atoms with van der Waals surface area (Å²) in [5.41, 5.74) is 6.78. The third-order valence-corrected chi connectivity index (χ3v) is 2.65. The lowest BCUT2D eigenvalue weighted by Crippen LogP contribution is -2.38. The predicted octanol–water partition coefficient (Wildman–Crippen LogP) is 1.07. The first-order valence-corrected chi connectivity index (χ1v) is 6.56. The maximum absolute atomic E-state index is 11.4. The number of carbonyl (C=O) groups is 2. The summed E-state index contributed by atoms with van der Waals surface area (Å²) in [4.78, 5) is 21.9. The average Bonchev–Trinajstić information content (AvgIpc) is 2.37. The molecule has 0 bridgehead atoms. The van der Waals surface area contributed by atoms with Crippen molar-refractivity contribution in [3.05, 3.63) is 29.3 Å². The predicted molar refractivity (Wildman–Crippen MR) is 76.4 cm³/mol. The Morgan fingerprint density at radius 3 is 2.75 bits per heavy atom. The molecule has 0 heterocycles. The van der Waals surface area contributed by atoms with Gasteiger partial charge >= 0.3 is 6.03 Å². The Morgan fingerprint density at radius 1 is 1.35 bits per heavy atom. The van der Waals surface area contributed by atoms with Crippen molar-refractivity contribution in [2.45, 2.75) is 26.8 Å². The minimum atomic E-state index is -0.881. The van der Waals surface area contributed by atoms with Gasteiger partial charge in [-0.15, -0.1) is 0 Å². The smallest absolute Gasteiger partial charge is 0.318 e. The van der Waals surface area contributed by atoms with E-state index >= 15 is 0 Å². The summed E-state index contributed by atoms with van der Waals surface area (Å²) in [6.07, 6.45) is 1.04. The van der Waals surface area contributed by atoms with E-state index in [-0.39, 0.29) is 6.61 Å². The SMILES string of the molecule is CCCNCc1cccc(C)c1OCC(=O)NC(N)=O. The Morgan fingerprint density at radius 2 is 2.10 bits per heavy atom. The molecule has 0 atom stereocenters. The number of benzene rings is 1. The van der Waals surface area contributed by atoms with Gasteiger partial charge in [-0.2, -0.15) is 0 Å². The van der Waals surface area contributed by atoms with Gasteiger partial charge in [-0.05, 0) is 25.5 Å². The zero-order chi connectivity index (χ0) is 15.0. The molecule has 4 N–H and O–H groups in total. The first kappa shape index (κ1) is 16.0. The minimum absolute atomic E-state index is 0.241. The molecule has 0 aromatic heterocycles. The van der Waals surface area contributed by atoms with Gasteiger partial charge in [0.15, 0.2) is 6.61 Å². The number of urea groups is 1. The number of carbonyl (C=O) groups excluding carboxylic acids is 2. The van der Waals surface area contributed by atoms with Crippen LogP contribution in [0.25, 0.3) is 0 Å². The Bertz CT molecular complexity index is 475. The Labute approximate surface area is 118 Å². The van der Waals surface area contributed by atoms with Gasteiger partial charge in [0.05, 0.1) is 0 Å². The van der Waals surface area contributed by atoms with Crippen LogP contribution >= 0.6 is 0 Å². The normalized spacial score (nSPS) is 10.1. The summed E-state index contributed by atoms with van der Waals surface area (Å²) in [5, 5.41) is 5.25. The molecule has 1 aromatic carbocycles. The van der Waals surface area contributed by atoms with E-state index in [1.807, 2.05) is 30.4 Å². The molecule has 6 heteroatoms. The molecule has 0 unspecified atom stereocenters. The van der Waals surface area contributed by atoms with Crippen LogP contribution in [-0.2, 0) is 11.3 Å². The molecule has 1 aromatic rings. The van der Waals surface area contributed by atoms with E-state index in [0.717, 1.165) is 24.1 Å².